The van der Waals surface area contributed by atoms with Crippen molar-refractivity contribution in [2.24, 2.45) is 16.6 Å². The lowest BCUT2D eigenvalue weighted by Gasteiger charge is -2.29. The van der Waals surface area contributed by atoms with Gasteiger partial charge in [0.25, 0.3) is 0 Å². The fourth-order valence-electron chi connectivity index (χ4n) is 1.88. The van der Waals surface area contributed by atoms with Gasteiger partial charge in [-0.15, -0.1) is 0 Å². The van der Waals surface area contributed by atoms with Crippen molar-refractivity contribution in [3.8, 4) is 0 Å². The molecule has 0 saturated heterocycles. The normalized spacial score (nSPS) is 17.9. The van der Waals surface area contributed by atoms with E-state index in [1.807, 2.05) is 13.8 Å². The van der Waals surface area contributed by atoms with Crippen LogP contribution in [0.25, 0.3) is 0 Å². The zero-order valence-corrected chi connectivity index (χ0v) is 11.2. The van der Waals surface area contributed by atoms with Crippen LogP contribution < -0.4 is 11.1 Å². The predicted octanol–water partition coefficient (Wildman–Crippen LogP) is 2.00. The Morgan fingerprint density at radius 2 is 1.94 bits per heavy atom. The van der Waals surface area contributed by atoms with Crippen LogP contribution in [0.2, 0.25) is 0 Å². The number of nitrogens with one attached hydrogen (secondary N) is 1. The van der Waals surface area contributed by atoms with Crippen molar-refractivity contribution < 1.29 is 4.79 Å². The van der Waals surface area contributed by atoms with Crippen LogP contribution in [0.1, 0.15) is 46.5 Å². The second kappa shape index (κ2) is 4.70. The van der Waals surface area contributed by atoms with Gasteiger partial charge in [0.2, 0.25) is 5.91 Å². The van der Waals surface area contributed by atoms with Crippen molar-refractivity contribution in [2.45, 2.75) is 46.5 Å². The van der Waals surface area contributed by atoms with E-state index in [4.69, 9.17) is 18.0 Å². The number of amides is 1. The Morgan fingerprint density at radius 3 is 2.25 bits per heavy atom. The first-order valence-electron chi connectivity index (χ1n) is 5.98. The molecule has 0 radical (unpaired) electrons. The highest BCUT2D eigenvalue weighted by Crippen LogP contribution is 2.44. The molecule has 0 aromatic carbocycles. The van der Waals surface area contributed by atoms with Gasteiger partial charge in [-0.25, -0.2) is 0 Å². The number of thiocarbonyl (C=S) groups is 1. The molecule has 1 aliphatic rings. The molecule has 1 aliphatic carbocycles. The number of hydrogen-bond acceptors (Lipinski definition) is 2. The van der Waals surface area contributed by atoms with Crippen LogP contribution in [0.4, 0.5) is 0 Å². The van der Waals surface area contributed by atoms with E-state index in [0.717, 1.165) is 6.54 Å². The molecule has 0 spiro atoms. The third-order valence-electron chi connectivity index (χ3n) is 3.89. The van der Waals surface area contributed by atoms with E-state index in [-0.39, 0.29) is 5.91 Å². The monoisotopic (exact) mass is 242 g/mol. The molecular formula is C12H22N2OS. The highest BCUT2D eigenvalue weighted by Gasteiger charge is 2.41. The van der Waals surface area contributed by atoms with Crippen molar-refractivity contribution in [3.63, 3.8) is 0 Å². The van der Waals surface area contributed by atoms with Crippen LogP contribution in [-0.4, -0.2) is 17.4 Å². The van der Waals surface area contributed by atoms with Crippen molar-refractivity contribution >= 4 is 23.1 Å². The van der Waals surface area contributed by atoms with E-state index in [2.05, 4.69) is 12.2 Å². The van der Waals surface area contributed by atoms with Crippen LogP contribution >= 0.6 is 12.2 Å². The van der Waals surface area contributed by atoms with Crippen molar-refractivity contribution in [2.75, 3.05) is 6.54 Å². The fourth-order valence-corrected chi connectivity index (χ4v) is 2.27. The molecular weight excluding hydrogens is 220 g/mol. The first kappa shape index (κ1) is 13.4. The zero-order chi connectivity index (χ0) is 12.4. The Labute approximate surface area is 103 Å². The molecule has 0 heterocycles. The summed E-state index contributed by atoms with van der Waals surface area (Å²) in [6, 6.07) is 0. The average molecular weight is 242 g/mol. The largest absolute Gasteiger partial charge is 0.392 e. The van der Waals surface area contributed by atoms with E-state index in [0.29, 0.717) is 23.2 Å². The van der Waals surface area contributed by atoms with Gasteiger partial charge in [0.15, 0.2) is 0 Å². The molecule has 0 atom stereocenters. The predicted molar refractivity (Wildman–Crippen MR) is 70.2 cm³/mol. The molecule has 4 heteroatoms. The van der Waals surface area contributed by atoms with Crippen molar-refractivity contribution in [3.05, 3.63) is 0 Å². The van der Waals surface area contributed by atoms with E-state index < -0.39 is 5.41 Å². The average Bonchev–Trinajstić information content (AvgIpc) is 2.96. The van der Waals surface area contributed by atoms with Crippen molar-refractivity contribution in [1.82, 2.24) is 5.32 Å². The molecule has 92 valence electrons. The molecule has 1 amide bonds. The molecule has 1 saturated carbocycles. The van der Waals surface area contributed by atoms with Gasteiger partial charge in [0.1, 0.15) is 0 Å². The van der Waals surface area contributed by atoms with Crippen LogP contribution in [0, 0.1) is 10.8 Å². The highest BCUT2D eigenvalue weighted by molar-refractivity contribution is 7.80. The number of hydrogen-bond donors (Lipinski definition) is 2. The summed E-state index contributed by atoms with van der Waals surface area (Å²) in [6.07, 6.45) is 3.74. The second-order valence-electron chi connectivity index (χ2n) is 5.15. The van der Waals surface area contributed by atoms with E-state index in [1.54, 1.807) is 0 Å². The molecule has 1 rings (SSSR count). The second-order valence-corrected chi connectivity index (χ2v) is 5.59. The minimum atomic E-state index is -0.652. The molecule has 16 heavy (non-hydrogen) atoms. The summed E-state index contributed by atoms with van der Waals surface area (Å²) >= 11 is 5.04. The Balaban J connectivity index is 2.63. The summed E-state index contributed by atoms with van der Waals surface area (Å²) < 4.78 is 0. The minimum absolute atomic E-state index is 0.00174. The number of carbonyl (C=O) groups is 1. The zero-order valence-electron chi connectivity index (χ0n) is 10.4. The molecule has 1 fully saturated rings. The van der Waals surface area contributed by atoms with Crippen LogP contribution in [-0.2, 0) is 4.79 Å². The summed E-state index contributed by atoms with van der Waals surface area (Å²) in [4.78, 5) is 12.5. The standard InChI is InChI=1S/C12H22N2OS/c1-4-12(5-2,9(13)16)10(15)14-8-11(3)6-7-11/h4-8H2,1-3H3,(H2,13,16)(H,14,15). The van der Waals surface area contributed by atoms with Gasteiger partial charge in [-0.3, -0.25) is 4.79 Å². The lowest BCUT2D eigenvalue weighted by molar-refractivity contribution is -0.128. The Morgan fingerprint density at radius 1 is 1.44 bits per heavy atom. The van der Waals surface area contributed by atoms with Gasteiger partial charge in [-0.1, -0.05) is 33.0 Å². The summed E-state index contributed by atoms with van der Waals surface area (Å²) in [7, 11) is 0. The quantitative estimate of drug-likeness (QED) is 0.700. The third-order valence-corrected chi connectivity index (χ3v) is 4.28. The summed E-state index contributed by atoms with van der Waals surface area (Å²) in [5.74, 6) is -0.00174. The van der Waals surface area contributed by atoms with E-state index >= 15 is 0 Å². The van der Waals surface area contributed by atoms with Crippen LogP contribution in [0.15, 0.2) is 0 Å². The molecule has 3 nitrogen and oxygen atoms in total. The smallest absolute Gasteiger partial charge is 0.233 e. The van der Waals surface area contributed by atoms with Gasteiger partial charge in [0.05, 0.1) is 10.4 Å². The van der Waals surface area contributed by atoms with Crippen LogP contribution in [0.3, 0.4) is 0 Å². The topological polar surface area (TPSA) is 55.1 Å². The maximum Gasteiger partial charge on any atom is 0.233 e. The molecule has 3 N–H and O–H groups in total. The molecule has 0 aromatic rings. The maximum absolute atomic E-state index is 12.2. The van der Waals surface area contributed by atoms with Crippen LogP contribution in [0.5, 0.6) is 0 Å². The van der Waals surface area contributed by atoms with Crippen molar-refractivity contribution in [1.29, 1.82) is 0 Å². The molecule has 0 aromatic heterocycles. The van der Waals surface area contributed by atoms with Gasteiger partial charge < -0.3 is 11.1 Å². The Kier molecular flexibility index (Phi) is 3.94. The van der Waals surface area contributed by atoms with Gasteiger partial charge in [0, 0.05) is 6.54 Å². The number of rotatable bonds is 6. The third kappa shape index (κ3) is 2.54. The lowest BCUT2D eigenvalue weighted by atomic mass is 9.81. The summed E-state index contributed by atoms with van der Waals surface area (Å²) in [6.45, 7) is 6.85. The van der Waals surface area contributed by atoms with Gasteiger partial charge in [-0.05, 0) is 31.1 Å². The molecule has 0 aliphatic heterocycles. The summed E-state index contributed by atoms with van der Waals surface area (Å²) in [5, 5.41) is 3.00. The SMILES string of the molecule is CCC(CC)(C(=O)NCC1(C)CC1)C(N)=S. The Hall–Kier alpha value is -0.640. The minimum Gasteiger partial charge on any atom is -0.392 e. The Bertz CT molecular complexity index is 293. The molecule has 0 bridgehead atoms. The maximum atomic E-state index is 12.2. The van der Waals surface area contributed by atoms with Gasteiger partial charge >= 0.3 is 0 Å². The fraction of sp³-hybridized carbons (Fsp3) is 0.833. The van der Waals surface area contributed by atoms with Gasteiger partial charge in [-0.2, -0.15) is 0 Å². The first-order chi connectivity index (χ1) is 7.40. The lowest BCUT2D eigenvalue weighted by Crippen LogP contribution is -2.49. The molecule has 0 unspecified atom stereocenters. The highest BCUT2D eigenvalue weighted by atomic mass is 32.1. The van der Waals surface area contributed by atoms with E-state index in [1.165, 1.54) is 12.8 Å². The summed E-state index contributed by atoms with van der Waals surface area (Å²) in [5.41, 5.74) is 5.39. The first-order valence-corrected chi connectivity index (χ1v) is 6.39. The number of carbonyl (C=O) groups excluding carboxylic acids is 1. The van der Waals surface area contributed by atoms with E-state index in [9.17, 15) is 4.79 Å². The number of nitrogens with two attached hydrogens (primary N) is 1.